The van der Waals surface area contributed by atoms with Gasteiger partial charge in [-0.05, 0) is 92.5 Å². The molecular formula is C28H23Br4ClN4O12S2. The van der Waals surface area contributed by atoms with Gasteiger partial charge in [-0.25, -0.2) is 26.4 Å². The van der Waals surface area contributed by atoms with Crippen LogP contribution in [-0.4, -0.2) is 48.8 Å². The molecule has 0 aliphatic heterocycles. The van der Waals surface area contributed by atoms with Crippen molar-refractivity contribution in [1.82, 2.24) is 0 Å². The lowest BCUT2D eigenvalue weighted by molar-refractivity contribution is -0.384. The molecule has 0 spiro atoms. The number of sulfonamides is 1. The van der Waals surface area contributed by atoms with Crippen LogP contribution in [0.15, 0.2) is 100 Å². The number of aromatic carboxylic acids is 2. The Labute approximate surface area is 328 Å². The van der Waals surface area contributed by atoms with E-state index in [1.54, 1.807) is 6.07 Å². The van der Waals surface area contributed by atoms with Crippen LogP contribution >= 0.6 is 74.4 Å². The predicted molar refractivity (Wildman–Crippen MR) is 203 cm³/mol. The molecule has 0 saturated heterocycles. The lowest BCUT2D eigenvalue weighted by atomic mass is 10.2. The van der Waals surface area contributed by atoms with Gasteiger partial charge >= 0.3 is 11.9 Å². The number of carboxylic acid groups (broad SMARTS) is 2. The minimum absolute atomic E-state index is 0.0619. The zero-order valence-electron chi connectivity index (χ0n) is 25.6. The number of hydrogen-bond acceptors (Lipinski definition) is 11. The van der Waals surface area contributed by atoms with Crippen molar-refractivity contribution in [1.29, 1.82) is 0 Å². The summed E-state index contributed by atoms with van der Waals surface area (Å²) >= 11 is 12.2. The maximum absolute atomic E-state index is 12.4. The van der Waals surface area contributed by atoms with Crippen LogP contribution in [0.25, 0.3) is 0 Å². The molecule has 0 fully saturated rings. The number of anilines is 2. The third-order valence-corrected chi connectivity index (χ3v) is 10.6. The van der Waals surface area contributed by atoms with Crippen LogP contribution in [0.2, 0.25) is 0 Å². The molecule has 0 aliphatic carbocycles. The number of nitrogens with one attached hydrogen (secondary N) is 1. The van der Waals surface area contributed by atoms with Crippen LogP contribution in [0.4, 0.5) is 22.7 Å². The van der Waals surface area contributed by atoms with E-state index in [1.807, 2.05) is 13.8 Å². The number of rotatable bonds is 8. The molecule has 51 heavy (non-hydrogen) atoms. The van der Waals surface area contributed by atoms with E-state index >= 15 is 0 Å². The number of nitrogen functional groups attached to an aromatic ring is 1. The fraction of sp³-hybridized carbons (Fsp3) is 0.0714. The van der Waals surface area contributed by atoms with Crippen molar-refractivity contribution < 1.29 is 46.5 Å². The molecule has 0 atom stereocenters. The smallest absolute Gasteiger partial charge is 0.336 e. The van der Waals surface area contributed by atoms with Gasteiger partial charge in [0.2, 0.25) is 0 Å². The number of nitrogens with zero attached hydrogens (tertiary/aromatic N) is 2. The summed E-state index contributed by atoms with van der Waals surface area (Å²) in [5.41, 5.74) is 4.39. The maximum Gasteiger partial charge on any atom is 0.336 e. The van der Waals surface area contributed by atoms with Crippen molar-refractivity contribution in [2.45, 2.75) is 23.6 Å². The highest BCUT2D eigenvalue weighted by Crippen LogP contribution is 2.31. The first-order chi connectivity index (χ1) is 23.5. The van der Waals surface area contributed by atoms with Crippen molar-refractivity contribution in [3.8, 4) is 0 Å². The molecule has 0 heterocycles. The molecule has 0 bridgehead atoms. The Morgan fingerprint density at radius 2 is 1.12 bits per heavy atom. The molecule has 16 nitrogen and oxygen atoms in total. The Morgan fingerprint density at radius 1 is 0.706 bits per heavy atom. The van der Waals surface area contributed by atoms with Crippen molar-refractivity contribution in [2.24, 2.45) is 0 Å². The van der Waals surface area contributed by atoms with Crippen LogP contribution in [0.5, 0.6) is 0 Å². The fourth-order valence-corrected chi connectivity index (χ4v) is 6.74. The first kappa shape index (κ1) is 45.4. The number of hydrogen-bond donors (Lipinski definition) is 4. The second kappa shape index (κ2) is 19.8. The maximum atomic E-state index is 12.4. The molecule has 5 N–H and O–H groups in total. The predicted octanol–water partition coefficient (Wildman–Crippen LogP) is 8.66. The molecule has 0 saturated carbocycles. The molecule has 4 aromatic rings. The van der Waals surface area contributed by atoms with Crippen LogP contribution < -0.4 is 10.5 Å². The van der Waals surface area contributed by atoms with Crippen LogP contribution in [0.1, 0.15) is 34.6 Å². The first-order valence-corrected chi connectivity index (χ1v) is 20.2. The van der Waals surface area contributed by atoms with E-state index in [2.05, 4.69) is 68.4 Å². The average molecular weight is 1030 g/mol. The number of carbonyl (C=O) groups is 2. The van der Waals surface area contributed by atoms with Gasteiger partial charge in [0.1, 0.15) is 11.4 Å². The van der Waals surface area contributed by atoms with Crippen LogP contribution in [0, 0.1) is 20.2 Å². The topological polar surface area (TPSA) is 267 Å². The summed E-state index contributed by atoms with van der Waals surface area (Å²) in [4.78, 5) is 41.2. The highest BCUT2D eigenvalue weighted by Gasteiger charge is 2.23. The summed E-state index contributed by atoms with van der Waals surface area (Å²) in [7, 11) is -3.05. The summed E-state index contributed by atoms with van der Waals surface area (Å²) in [6.45, 7) is 4.00. The number of nitrogens with two attached hydrogens (primary N) is 1. The van der Waals surface area contributed by atoms with E-state index in [1.165, 1.54) is 48.5 Å². The molecule has 23 heteroatoms. The number of carboxylic acids is 2. The Kier molecular flexibility index (Phi) is 17.6. The zero-order valence-corrected chi connectivity index (χ0v) is 34.3. The monoisotopic (exact) mass is 1020 g/mol. The fourth-order valence-electron chi connectivity index (χ4n) is 3.30. The van der Waals surface area contributed by atoms with Gasteiger partial charge in [-0.1, -0.05) is 45.7 Å². The molecular weight excluding hydrogens is 1000 g/mol. The highest BCUT2D eigenvalue weighted by atomic mass is 79.9. The summed E-state index contributed by atoms with van der Waals surface area (Å²) < 4.78 is 50.4. The minimum Gasteiger partial charge on any atom is -0.478 e. The molecule has 4 rings (SSSR count). The first-order valence-electron chi connectivity index (χ1n) is 13.2. The quantitative estimate of drug-likeness (QED) is 0.0558. The van der Waals surface area contributed by atoms with E-state index in [4.69, 9.17) is 26.6 Å². The third-order valence-electron chi connectivity index (χ3n) is 5.51. The summed E-state index contributed by atoms with van der Waals surface area (Å²) in [5, 5.41) is 39.0. The van der Waals surface area contributed by atoms with Gasteiger partial charge in [-0.15, -0.1) is 0 Å². The van der Waals surface area contributed by atoms with Gasteiger partial charge in [0.25, 0.3) is 30.4 Å². The summed E-state index contributed by atoms with van der Waals surface area (Å²) in [6.07, 6.45) is 0. The van der Waals surface area contributed by atoms with E-state index < -0.39 is 46.5 Å². The Hall–Kier alpha value is -3.67. The third kappa shape index (κ3) is 13.8. The van der Waals surface area contributed by atoms with Gasteiger partial charge < -0.3 is 15.9 Å². The van der Waals surface area contributed by atoms with E-state index in [0.717, 1.165) is 22.7 Å². The lowest BCUT2D eigenvalue weighted by Crippen LogP contribution is -2.15. The van der Waals surface area contributed by atoms with Gasteiger partial charge in [0, 0.05) is 40.7 Å². The molecule has 0 radical (unpaired) electrons. The Bertz CT molecular complexity index is 2190. The number of benzene rings is 4. The molecule has 0 unspecified atom stereocenters. The molecule has 0 aromatic heterocycles. The van der Waals surface area contributed by atoms with Gasteiger partial charge in [0.05, 0.1) is 30.8 Å². The number of halogens is 5. The molecule has 0 aliphatic rings. The minimum atomic E-state index is -4.22. The standard InChI is InChI=1S/C13H8Br2N2O6S.C7H4BrClO4S.C6H5BrN2O2.C2H6/c14-7-1-4-12(17(20)21)11(5-7)16-24(22,23)8-2-3-10(15)9(6-8)13(18)19;8-6-2-1-4(14(9,12)13)3-5(6)7(10)11;7-4-1-2-6(9(10)11)5(8)3-4;1-2/h1-6,16H,(H,18,19);1-3H,(H,10,11);1-3H,8H2;1-2H3. The van der Waals surface area contributed by atoms with E-state index in [-0.39, 0.29) is 42.5 Å². The van der Waals surface area contributed by atoms with Crippen molar-refractivity contribution in [3.63, 3.8) is 0 Å². The Morgan fingerprint density at radius 3 is 1.53 bits per heavy atom. The molecule has 0 amide bonds. The summed E-state index contributed by atoms with van der Waals surface area (Å²) in [5.74, 6) is -2.54. The van der Waals surface area contributed by atoms with Crippen molar-refractivity contribution in [3.05, 3.63) is 122 Å². The number of nitro benzene ring substituents is 2. The normalized spacial score (nSPS) is 10.5. The largest absolute Gasteiger partial charge is 0.478 e. The van der Waals surface area contributed by atoms with Gasteiger partial charge in [-0.3, -0.25) is 25.0 Å². The van der Waals surface area contributed by atoms with Gasteiger partial charge in [-0.2, -0.15) is 0 Å². The highest BCUT2D eigenvalue weighted by molar-refractivity contribution is 9.11. The second-order valence-corrected chi connectivity index (χ2v) is 16.6. The molecule has 274 valence electrons. The van der Waals surface area contributed by atoms with Gasteiger partial charge in [0.15, 0.2) is 0 Å². The second-order valence-electron chi connectivity index (χ2n) is 8.82. The van der Waals surface area contributed by atoms with E-state index in [9.17, 15) is 46.7 Å². The molecule has 4 aromatic carbocycles. The zero-order chi connectivity index (χ0) is 39.4. The van der Waals surface area contributed by atoms with Crippen LogP contribution in [-0.2, 0) is 19.1 Å². The Balaban J connectivity index is 0.000000408. The van der Waals surface area contributed by atoms with Crippen molar-refractivity contribution >= 4 is 128 Å². The lowest BCUT2D eigenvalue weighted by Gasteiger charge is -2.10. The van der Waals surface area contributed by atoms with Crippen LogP contribution in [0.3, 0.4) is 0 Å². The summed E-state index contributed by atoms with van der Waals surface area (Å²) in [6, 6.07) is 15.2. The average Bonchev–Trinajstić information content (AvgIpc) is 3.01. The van der Waals surface area contributed by atoms with E-state index in [0.29, 0.717) is 8.95 Å². The SMILES string of the molecule is CC.Nc1cc(Br)ccc1[N+](=O)[O-].O=C(O)c1cc(S(=O)(=O)Cl)ccc1Br.O=C(O)c1cc(S(=O)(=O)Nc2cc(Br)ccc2[N+](=O)[O-])ccc1Br. The number of nitro groups is 2. The van der Waals surface area contributed by atoms with Crippen molar-refractivity contribution in [2.75, 3.05) is 10.5 Å².